The normalized spacial score (nSPS) is 19.3. The quantitative estimate of drug-likeness (QED) is 0.172. The van der Waals surface area contributed by atoms with Crippen molar-refractivity contribution in [3.63, 3.8) is 0 Å². The van der Waals surface area contributed by atoms with Crippen molar-refractivity contribution in [2.24, 2.45) is 5.92 Å². The largest absolute Gasteiger partial charge is 0.459 e. The lowest BCUT2D eigenvalue weighted by atomic mass is 9.82. The van der Waals surface area contributed by atoms with E-state index in [1.54, 1.807) is 48.6 Å². The Balaban J connectivity index is 1.30. The van der Waals surface area contributed by atoms with Crippen LogP contribution in [0.2, 0.25) is 5.02 Å². The fraction of sp³-hybridized carbons (Fsp3) is 0.364. The summed E-state index contributed by atoms with van der Waals surface area (Å²) >= 11 is 7.63. The minimum absolute atomic E-state index is 0.0309. The highest BCUT2D eigenvalue weighted by Gasteiger charge is 2.39. The van der Waals surface area contributed by atoms with E-state index in [-0.39, 0.29) is 36.4 Å². The summed E-state index contributed by atoms with van der Waals surface area (Å²) in [5.41, 5.74) is 3.12. The number of fused-ring (bicyclic) bond motifs is 1. The molecule has 2 N–H and O–H groups in total. The fourth-order valence-electron chi connectivity index (χ4n) is 5.50. The minimum Gasteiger partial charge on any atom is -0.459 e. The van der Waals surface area contributed by atoms with Gasteiger partial charge in [-0.25, -0.2) is 4.90 Å². The molecule has 12 heteroatoms. The highest BCUT2D eigenvalue weighted by molar-refractivity contribution is 7.08. The Bertz CT molecular complexity index is 1560. The van der Waals surface area contributed by atoms with Gasteiger partial charge in [-0.05, 0) is 90.7 Å². The Kier molecular flexibility index (Phi) is 11.0. The van der Waals surface area contributed by atoms with Gasteiger partial charge in [0.05, 0.1) is 43.2 Å². The van der Waals surface area contributed by atoms with Crippen LogP contribution in [0.1, 0.15) is 51.1 Å². The lowest BCUT2D eigenvalue weighted by molar-refractivity contribution is -0.166. The topological polar surface area (TPSA) is 124 Å². The summed E-state index contributed by atoms with van der Waals surface area (Å²) in [4.78, 5) is 40.8. The van der Waals surface area contributed by atoms with Crippen molar-refractivity contribution in [3.05, 3.63) is 92.3 Å². The maximum Gasteiger partial charge on any atom is 0.290 e. The van der Waals surface area contributed by atoms with Crippen LogP contribution < -0.4 is 10.2 Å². The molecule has 2 aromatic carbocycles. The molecule has 0 saturated carbocycles. The van der Waals surface area contributed by atoms with E-state index in [0.717, 1.165) is 10.5 Å². The molecular weight excluding hydrogens is 620 g/mol. The van der Waals surface area contributed by atoms with Crippen molar-refractivity contribution in [3.8, 4) is 0 Å². The highest BCUT2D eigenvalue weighted by Crippen LogP contribution is 2.40. The Labute approximate surface area is 270 Å². The van der Waals surface area contributed by atoms with Crippen molar-refractivity contribution in [2.45, 2.75) is 32.5 Å². The van der Waals surface area contributed by atoms with Crippen LogP contribution in [0.5, 0.6) is 0 Å². The van der Waals surface area contributed by atoms with Gasteiger partial charge in [-0.3, -0.25) is 14.4 Å². The molecular formula is C33H35ClN2O8S. The van der Waals surface area contributed by atoms with Gasteiger partial charge in [-0.2, -0.15) is 11.3 Å². The second kappa shape index (κ2) is 15.1. The summed E-state index contributed by atoms with van der Waals surface area (Å²) < 4.78 is 23.1. The molecule has 2 aliphatic heterocycles. The molecule has 0 radical (unpaired) electrons. The number of allylic oxidation sites excluding steroid dienone is 1. The molecule has 0 spiro atoms. The average molecular weight is 655 g/mol. The summed E-state index contributed by atoms with van der Waals surface area (Å²) in [7, 11) is 0. The van der Waals surface area contributed by atoms with E-state index < -0.39 is 24.0 Å². The van der Waals surface area contributed by atoms with Gasteiger partial charge in [-0.15, -0.1) is 0 Å². The number of carbonyl (C=O) groups is 3. The molecule has 238 valence electrons. The van der Waals surface area contributed by atoms with E-state index >= 15 is 0 Å². The van der Waals surface area contributed by atoms with Crippen molar-refractivity contribution < 1.29 is 38.4 Å². The number of hydrogen-bond donors (Lipinski definition) is 2. The van der Waals surface area contributed by atoms with Gasteiger partial charge in [0, 0.05) is 35.8 Å². The molecule has 45 heavy (non-hydrogen) atoms. The molecule has 0 aliphatic carbocycles. The number of carbonyl (C=O) groups excluding carboxylic acids is 3. The number of aliphatic hydroxyl groups is 1. The van der Waals surface area contributed by atoms with Crippen LogP contribution in [0.4, 0.5) is 11.4 Å². The number of thiophene rings is 1. The van der Waals surface area contributed by atoms with E-state index in [0.29, 0.717) is 60.4 Å². The summed E-state index contributed by atoms with van der Waals surface area (Å²) in [6, 6.07) is 11.6. The first kappa shape index (κ1) is 32.8. The number of ether oxygens (including phenoxy) is 4. The van der Waals surface area contributed by atoms with Crippen LogP contribution in [0.25, 0.3) is 0 Å². The first-order chi connectivity index (χ1) is 21.8. The second-order valence-electron chi connectivity index (χ2n) is 10.5. The monoisotopic (exact) mass is 654 g/mol. The Hall–Kier alpha value is -3.58. The summed E-state index contributed by atoms with van der Waals surface area (Å²) in [5.74, 6) is -1.44. The van der Waals surface area contributed by atoms with E-state index in [2.05, 4.69) is 10.7 Å². The highest BCUT2D eigenvalue weighted by atomic mass is 35.5. The first-order valence-corrected chi connectivity index (χ1v) is 16.0. The fourth-order valence-corrected chi connectivity index (χ4v) is 6.38. The summed E-state index contributed by atoms with van der Waals surface area (Å²) in [6.45, 7) is 5.52. The zero-order valence-electron chi connectivity index (χ0n) is 25.0. The standard InChI is InChI=1S/C33H35ClN2O8S/c1-3-43-33-25(8-11-41-13-14-42-12-10-37)26(21-9-15-45-19-21)18-29(44-33)30(38)35-23-5-7-28(20(2)16-23)36-31(39)24-6-4-22(34)17-27(24)32(36)40/h4-7,9,15-19,25-26,33,37H,3,8,10-14H2,1-2H3,(H,35,38). The van der Waals surface area contributed by atoms with Gasteiger partial charge in [0.25, 0.3) is 17.7 Å². The molecule has 0 saturated heterocycles. The zero-order valence-corrected chi connectivity index (χ0v) is 26.6. The van der Waals surface area contributed by atoms with Crippen LogP contribution in [0.3, 0.4) is 0 Å². The smallest absolute Gasteiger partial charge is 0.290 e. The van der Waals surface area contributed by atoms with Crippen LogP contribution in [0.15, 0.2) is 65.1 Å². The summed E-state index contributed by atoms with van der Waals surface area (Å²) in [6.07, 6.45) is 1.78. The van der Waals surface area contributed by atoms with Gasteiger partial charge in [0.1, 0.15) is 0 Å². The average Bonchev–Trinajstić information content (AvgIpc) is 3.64. The van der Waals surface area contributed by atoms with Crippen LogP contribution in [-0.4, -0.2) is 68.8 Å². The van der Waals surface area contributed by atoms with Crippen molar-refractivity contribution in [1.29, 1.82) is 0 Å². The van der Waals surface area contributed by atoms with Crippen molar-refractivity contribution in [2.75, 3.05) is 49.9 Å². The van der Waals surface area contributed by atoms with Crippen LogP contribution >= 0.6 is 22.9 Å². The van der Waals surface area contributed by atoms with E-state index in [9.17, 15) is 14.4 Å². The van der Waals surface area contributed by atoms with Gasteiger partial charge < -0.3 is 29.4 Å². The Morgan fingerprint density at radius 1 is 1.04 bits per heavy atom. The second-order valence-corrected chi connectivity index (χ2v) is 11.8. The number of halogens is 1. The number of imide groups is 1. The maximum atomic E-state index is 13.5. The lowest BCUT2D eigenvalue weighted by Crippen LogP contribution is -2.38. The van der Waals surface area contributed by atoms with Gasteiger partial charge in [-0.1, -0.05) is 11.6 Å². The third-order valence-corrected chi connectivity index (χ3v) is 8.55. The number of rotatable bonds is 14. The molecule has 3 unspecified atom stereocenters. The number of amides is 3. The molecule has 10 nitrogen and oxygen atoms in total. The van der Waals surface area contributed by atoms with Crippen molar-refractivity contribution in [1.82, 2.24) is 0 Å². The number of hydrogen-bond acceptors (Lipinski definition) is 9. The first-order valence-electron chi connectivity index (χ1n) is 14.7. The number of aryl methyl sites for hydroxylation is 1. The van der Waals surface area contributed by atoms with Crippen LogP contribution in [-0.2, 0) is 23.7 Å². The molecule has 1 aromatic heterocycles. The summed E-state index contributed by atoms with van der Waals surface area (Å²) in [5, 5.41) is 16.2. The van der Waals surface area contributed by atoms with Gasteiger partial charge in [0.2, 0.25) is 6.29 Å². The molecule has 3 atom stereocenters. The van der Waals surface area contributed by atoms with Gasteiger partial charge in [0.15, 0.2) is 5.76 Å². The third kappa shape index (κ3) is 7.46. The number of anilines is 2. The maximum absolute atomic E-state index is 13.5. The third-order valence-electron chi connectivity index (χ3n) is 7.62. The molecule has 2 aliphatic rings. The Morgan fingerprint density at radius 3 is 2.53 bits per heavy atom. The molecule has 0 bridgehead atoms. The van der Waals surface area contributed by atoms with Crippen molar-refractivity contribution >= 4 is 52.0 Å². The molecule has 5 rings (SSSR count). The SMILES string of the molecule is CCOC1OC(C(=O)Nc2ccc(N3C(=O)c4ccc(Cl)cc4C3=O)c(C)c2)=CC(c2ccsc2)C1CCOCCOCCO. The number of nitrogens with one attached hydrogen (secondary N) is 1. The molecule has 3 heterocycles. The Morgan fingerprint density at radius 2 is 1.82 bits per heavy atom. The van der Waals surface area contributed by atoms with E-state index in [1.807, 2.05) is 24.4 Å². The zero-order chi connectivity index (χ0) is 31.9. The van der Waals surface area contributed by atoms with Crippen LogP contribution in [0, 0.1) is 12.8 Å². The number of nitrogens with zero attached hydrogens (tertiary/aromatic N) is 1. The molecule has 3 aromatic rings. The molecule has 0 fully saturated rings. The van der Waals surface area contributed by atoms with Gasteiger partial charge >= 0.3 is 0 Å². The lowest BCUT2D eigenvalue weighted by Gasteiger charge is -2.36. The number of aliphatic hydroxyl groups excluding tert-OH is 1. The predicted octanol–water partition coefficient (Wildman–Crippen LogP) is 5.54. The van der Waals surface area contributed by atoms with E-state index in [4.69, 9.17) is 35.7 Å². The minimum atomic E-state index is -0.675. The molecule has 3 amide bonds. The predicted molar refractivity (Wildman–Crippen MR) is 171 cm³/mol. The van der Waals surface area contributed by atoms with E-state index in [1.165, 1.54) is 6.07 Å². The number of benzene rings is 2.